The predicted molar refractivity (Wildman–Crippen MR) is 80.2 cm³/mol. The van der Waals surface area contributed by atoms with Crippen molar-refractivity contribution in [1.29, 1.82) is 0 Å². The summed E-state index contributed by atoms with van der Waals surface area (Å²) < 4.78 is 27.7. The van der Waals surface area contributed by atoms with Gasteiger partial charge >= 0.3 is 0 Å². The molecule has 0 N–H and O–H groups in total. The Morgan fingerprint density at radius 1 is 1.14 bits per heavy atom. The molecule has 0 radical (unpaired) electrons. The maximum absolute atomic E-state index is 13.6. The third-order valence-electron chi connectivity index (χ3n) is 3.17. The maximum atomic E-state index is 13.6. The van der Waals surface area contributed by atoms with Crippen LogP contribution >= 0.6 is 0 Å². The number of aryl methyl sites for hydroxylation is 1. The third-order valence-corrected chi connectivity index (χ3v) is 3.17. The molecule has 3 nitrogen and oxygen atoms in total. The molecule has 3 rings (SSSR count). The fourth-order valence-corrected chi connectivity index (χ4v) is 2.12. The van der Waals surface area contributed by atoms with E-state index in [1.807, 2.05) is 0 Å². The van der Waals surface area contributed by atoms with Crippen LogP contribution in [0.25, 0.3) is 10.9 Å². The lowest BCUT2D eigenvalue weighted by atomic mass is 10.2. The molecule has 0 saturated heterocycles. The van der Waals surface area contributed by atoms with E-state index in [1.54, 1.807) is 41.2 Å². The number of pyridine rings is 1. The molecule has 0 aliphatic heterocycles. The lowest BCUT2D eigenvalue weighted by Crippen LogP contribution is -1.97. The molecular weight excluding hydrogens is 284 g/mol. The van der Waals surface area contributed by atoms with Crippen LogP contribution in [0.15, 0.2) is 42.6 Å². The van der Waals surface area contributed by atoms with Crippen molar-refractivity contribution in [2.75, 3.05) is 0 Å². The number of alkyl halides is 1. The maximum Gasteiger partial charge on any atom is 0.134 e. The van der Waals surface area contributed by atoms with E-state index >= 15 is 0 Å². The summed E-state index contributed by atoms with van der Waals surface area (Å²) in [6.45, 7) is -0.0368. The number of aromatic nitrogens is 3. The van der Waals surface area contributed by atoms with Gasteiger partial charge in [0.15, 0.2) is 0 Å². The van der Waals surface area contributed by atoms with E-state index in [2.05, 4.69) is 21.9 Å². The Balaban J connectivity index is 1.67. The number of benzene rings is 1. The Kier molecular flexibility index (Phi) is 4.10. The Morgan fingerprint density at radius 3 is 2.82 bits per heavy atom. The van der Waals surface area contributed by atoms with Crippen LogP contribution in [0.1, 0.15) is 17.8 Å². The molecule has 0 aliphatic rings. The van der Waals surface area contributed by atoms with Crippen molar-refractivity contribution in [3.63, 3.8) is 0 Å². The van der Waals surface area contributed by atoms with E-state index in [4.69, 9.17) is 0 Å². The first-order valence-electron chi connectivity index (χ1n) is 6.89. The van der Waals surface area contributed by atoms with Gasteiger partial charge in [-0.15, -0.1) is 0 Å². The fourth-order valence-electron chi connectivity index (χ4n) is 2.12. The number of halogens is 2. The summed E-state index contributed by atoms with van der Waals surface area (Å²) in [6.07, 6.45) is 2.23. The van der Waals surface area contributed by atoms with Crippen LogP contribution in [0.3, 0.4) is 0 Å². The van der Waals surface area contributed by atoms with Gasteiger partial charge in [0.25, 0.3) is 0 Å². The highest BCUT2D eigenvalue weighted by molar-refractivity contribution is 5.78. The first-order valence-corrected chi connectivity index (χ1v) is 6.89. The van der Waals surface area contributed by atoms with Gasteiger partial charge in [-0.2, -0.15) is 5.10 Å². The van der Waals surface area contributed by atoms with E-state index in [9.17, 15) is 8.78 Å². The summed E-state index contributed by atoms with van der Waals surface area (Å²) in [5.41, 5.74) is 1.55. The second-order valence-corrected chi connectivity index (χ2v) is 4.76. The highest BCUT2D eigenvalue weighted by Crippen LogP contribution is 2.15. The topological polar surface area (TPSA) is 30.7 Å². The minimum Gasteiger partial charge on any atom is -0.270 e. The molecule has 0 saturated carbocycles. The first-order chi connectivity index (χ1) is 10.8. The molecule has 0 amide bonds. The molecule has 0 bridgehead atoms. The summed E-state index contributed by atoms with van der Waals surface area (Å²) in [5, 5.41) is 4.80. The van der Waals surface area contributed by atoms with Crippen LogP contribution in [0, 0.1) is 17.7 Å². The van der Waals surface area contributed by atoms with Gasteiger partial charge in [-0.05, 0) is 30.2 Å². The van der Waals surface area contributed by atoms with Crippen molar-refractivity contribution in [2.45, 2.75) is 19.6 Å². The molecular formula is C17H13F2N3. The highest BCUT2D eigenvalue weighted by atomic mass is 19.1. The number of fused-ring (bicyclic) bond motifs is 1. The molecule has 0 fully saturated rings. The monoisotopic (exact) mass is 297 g/mol. The van der Waals surface area contributed by atoms with Crippen LogP contribution in [0.2, 0.25) is 0 Å². The van der Waals surface area contributed by atoms with E-state index in [1.165, 1.54) is 6.07 Å². The lowest BCUT2D eigenvalue weighted by Gasteiger charge is -1.95. The number of hydrogen-bond donors (Lipinski definition) is 0. The third kappa shape index (κ3) is 3.12. The molecule has 22 heavy (non-hydrogen) atoms. The normalized spacial score (nSPS) is 10.5. The predicted octanol–water partition coefficient (Wildman–Crippen LogP) is 3.48. The van der Waals surface area contributed by atoms with Crippen LogP contribution in [0.5, 0.6) is 0 Å². The van der Waals surface area contributed by atoms with Crippen molar-refractivity contribution < 1.29 is 8.78 Å². The zero-order valence-corrected chi connectivity index (χ0v) is 11.8. The zero-order chi connectivity index (χ0) is 15.4. The Labute approximate surface area is 126 Å². The molecule has 1 aromatic carbocycles. The van der Waals surface area contributed by atoms with Gasteiger partial charge in [0.1, 0.15) is 18.2 Å². The molecule has 5 heteroatoms. The first kappa shape index (κ1) is 14.2. The summed E-state index contributed by atoms with van der Waals surface area (Å²) in [5.74, 6) is 5.59. The standard InChI is InChI=1S/C17H13F2N3/c18-11-14-7-3-6-13(20-14)5-1-2-10-22-12-15-16(19)8-4-9-17(15)21-22/h3-4,6-9,12H,2,10-11H2. The molecule has 0 atom stereocenters. The molecule has 0 spiro atoms. The lowest BCUT2D eigenvalue weighted by molar-refractivity contribution is 0.476. The molecule has 0 aliphatic carbocycles. The summed E-state index contributed by atoms with van der Waals surface area (Å²) >= 11 is 0. The van der Waals surface area contributed by atoms with Crippen LogP contribution in [0.4, 0.5) is 8.78 Å². The average molecular weight is 297 g/mol. The van der Waals surface area contributed by atoms with E-state index < -0.39 is 6.67 Å². The molecule has 2 aromatic heterocycles. The minimum absolute atomic E-state index is 0.276. The van der Waals surface area contributed by atoms with Crippen molar-refractivity contribution in [2.24, 2.45) is 0 Å². The average Bonchev–Trinajstić information content (AvgIpc) is 2.96. The van der Waals surface area contributed by atoms with Crippen molar-refractivity contribution >= 4 is 10.9 Å². The molecule has 2 heterocycles. The van der Waals surface area contributed by atoms with Crippen molar-refractivity contribution in [3.8, 4) is 11.8 Å². The second kappa shape index (κ2) is 6.35. The molecule has 0 unspecified atom stereocenters. The Morgan fingerprint density at radius 2 is 2.00 bits per heavy atom. The van der Waals surface area contributed by atoms with Gasteiger partial charge in [0.05, 0.1) is 23.1 Å². The van der Waals surface area contributed by atoms with Gasteiger partial charge in [0.2, 0.25) is 0 Å². The zero-order valence-electron chi connectivity index (χ0n) is 11.8. The number of nitrogens with zero attached hydrogens (tertiary/aromatic N) is 3. The number of rotatable bonds is 3. The molecule has 3 aromatic rings. The summed E-state index contributed by atoms with van der Waals surface area (Å²) in [6, 6.07) is 9.91. The smallest absolute Gasteiger partial charge is 0.134 e. The minimum atomic E-state index is -0.596. The van der Waals surface area contributed by atoms with Gasteiger partial charge in [-0.3, -0.25) is 4.68 Å². The largest absolute Gasteiger partial charge is 0.270 e. The Hall–Kier alpha value is -2.74. The Bertz CT molecular complexity index is 859. The van der Waals surface area contributed by atoms with E-state index in [0.29, 0.717) is 35.3 Å². The van der Waals surface area contributed by atoms with Gasteiger partial charge in [-0.25, -0.2) is 13.8 Å². The summed E-state index contributed by atoms with van der Waals surface area (Å²) in [4.78, 5) is 4.06. The fraction of sp³-hybridized carbons (Fsp3) is 0.176. The molecule has 110 valence electrons. The van der Waals surface area contributed by atoms with E-state index in [-0.39, 0.29) is 5.82 Å². The summed E-state index contributed by atoms with van der Waals surface area (Å²) in [7, 11) is 0. The second-order valence-electron chi connectivity index (χ2n) is 4.76. The van der Waals surface area contributed by atoms with Crippen molar-refractivity contribution in [3.05, 3.63) is 59.8 Å². The van der Waals surface area contributed by atoms with E-state index in [0.717, 1.165) is 0 Å². The van der Waals surface area contributed by atoms with Gasteiger partial charge in [-0.1, -0.05) is 18.1 Å². The quantitative estimate of drug-likeness (QED) is 0.693. The van der Waals surface area contributed by atoms with Crippen LogP contribution in [-0.4, -0.2) is 14.8 Å². The van der Waals surface area contributed by atoms with Crippen molar-refractivity contribution in [1.82, 2.24) is 14.8 Å². The number of hydrogen-bond acceptors (Lipinski definition) is 2. The van der Waals surface area contributed by atoms with Gasteiger partial charge < -0.3 is 0 Å². The van der Waals surface area contributed by atoms with Gasteiger partial charge in [0, 0.05) is 12.6 Å². The van der Waals surface area contributed by atoms with Crippen LogP contribution in [-0.2, 0) is 13.2 Å². The highest BCUT2D eigenvalue weighted by Gasteiger charge is 2.04. The van der Waals surface area contributed by atoms with Crippen LogP contribution < -0.4 is 0 Å². The SMILES string of the molecule is FCc1cccc(C#CCCn2cc3c(F)cccc3n2)n1.